The number of benzene rings is 1. The fourth-order valence-electron chi connectivity index (χ4n) is 1.66. The number of aromatic hydroxyl groups is 1. The zero-order valence-electron chi connectivity index (χ0n) is 11.5. The number of hydrogen-bond acceptors (Lipinski definition) is 5. The van der Waals surface area contributed by atoms with E-state index < -0.39 is 11.8 Å². The van der Waals surface area contributed by atoms with E-state index in [1.165, 1.54) is 13.2 Å². The Morgan fingerprint density at radius 1 is 1.32 bits per heavy atom. The highest BCUT2D eigenvalue weighted by molar-refractivity contribution is 6.41. The van der Waals surface area contributed by atoms with Gasteiger partial charge in [-0.2, -0.15) is 0 Å². The van der Waals surface area contributed by atoms with Crippen LogP contribution in [0.4, 0.5) is 0 Å². The minimum atomic E-state index is -0.957. The number of phenols is 1. The summed E-state index contributed by atoms with van der Waals surface area (Å²) in [6.07, 6.45) is 0. The highest BCUT2D eigenvalue weighted by Gasteiger charge is 2.25. The van der Waals surface area contributed by atoms with Gasteiger partial charge >= 0.3 is 5.97 Å². The van der Waals surface area contributed by atoms with E-state index in [2.05, 4.69) is 4.74 Å². The number of rotatable bonds is 5. The van der Waals surface area contributed by atoms with Crippen molar-refractivity contribution < 1.29 is 24.2 Å². The second-order valence-corrected chi connectivity index (χ2v) is 4.33. The number of Topliss-reactive ketones (excluding diaryl/α,β-unsaturated/α-hetero) is 1. The maximum Gasteiger partial charge on any atom is 0.379 e. The van der Waals surface area contributed by atoms with Crippen LogP contribution in [0, 0.1) is 0 Å². The first-order chi connectivity index (χ1) is 8.92. The fourth-order valence-corrected chi connectivity index (χ4v) is 1.66. The molecule has 0 aromatic heterocycles. The lowest BCUT2D eigenvalue weighted by Crippen LogP contribution is -2.18. The smallest absolute Gasteiger partial charge is 0.379 e. The molecule has 0 amide bonds. The first-order valence-electron chi connectivity index (χ1n) is 6.04. The molecule has 0 aliphatic carbocycles. The summed E-state index contributed by atoms with van der Waals surface area (Å²) in [6.45, 7) is 5.56. The van der Waals surface area contributed by atoms with Crippen LogP contribution in [0.5, 0.6) is 11.5 Å². The van der Waals surface area contributed by atoms with Gasteiger partial charge in [-0.05, 0) is 30.5 Å². The van der Waals surface area contributed by atoms with Crippen LogP contribution in [0.15, 0.2) is 12.1 Å². The van der Waals surface area contributed by atoms with Gasteiger partial charge in [-0.15, -0.1) is 0 Å². The van der Waals surface area contributed by atoms with Crippen LogP contribution in [-0.4, -0.2) is 30.6 Å². The quantitative estimate of drug-likeness (QED) is 0.503. The van der Waals surface area contributed by atoms with Gasteiger partial charge < -0.3 is 14.6 Å². The molecule has 0 aliphatic rings. The Labute approximate surface area is 112 Å². The van der Waals surface area contributed by atoms with Crippen molar-refractivity contribution in [2.75, 3.05) is 13.7 Å². The molecule has 0 unspecified atom stereocenters. The van der Waals surface area contributed by atoms with Crippen molar-refractivity contribution in [2.24, 2.45) is 0 Å². The Bertz CT molecular complexity index is 491. The molecule has 1 aromatic carbocycles. The highest BCUT2D eigenvalue weighted by atomic mass is 16.5. The van der Waals surface area contributed by atoms with Gasteiger partial charge in [-0.25, -0.2) is 4.79 Å². The van der Waals surface area contributed by atoms with Crippen molar-refractivity contribution >= 4 is 11.8 Å². The van der Waals surface area contributed by atoms with E-state index in [0.717, 1.165) is 5.56 Å². The summed E-state index contributed by atoms with van der Waals surface area (Å²) in [7, 11) is 1.33. The largest absolute Gasteiger partial charge is 0.504 e. The zero-order chi connectivity index (χ0) is 14.6. The SMILES string of the molecule is CCOC(=O)C(=O)c1cc(C(C)C)cc(O)c1OC. The molecule has 5 nitrogen and oxygen atoms in total. The van der Waals surface area contributed by atoms with Gasteiger partial charge in [-0.1, -0.05) is 13.8 Å². The third-order valence-electron chi connectivity index (χ3n) is 2.67. The number of methoxy groups -OCH3 is 1. The van der Waals surface area contributed by atoms with Crippen molar-refractivity contribution in [1.82, 2.24) is 0 Å². The topological polar surface area (TPSA) is 72.8 Å². The van der Waals surface area contributed by atoms with E-state index >= 15 is 0 Å². The molecule has 0 aliphatic heterocycles. The van der Waals surface area contributed by atoms with Crippen molar-refractivity contribution in [3.63, 3.8) is 0 Å². The Morgan fingerprint density at radius 2 is 1.95 bits per heavy atom. The standard InChI is InChI=1S/C14H18O5/c1-5-19-14(17)12(16)10-6-9(8(2)3)7-11(15)13(10)18-4/h6-8,15H,5H2,1-4H3. The number of carbonyl (C=O) groups excluding carboxylic acids is 2. The van der Waals surface area contributed by atoms with Crippen LogP contribution < -0.4 is 4.74 Å². The van der Waals surface area contributed by atoms with Crippen molar-refractivity contribution in [2.45, 2.75) is 26.7 Å². The summed E-state index contributed by atoms with van der Waals surface area (Å²) in [5.41, 5.74) is 0.760. The predicted molar refractivity (Wildman–Crippen MR) is 69.7 cm³/mol. The lowest BCUT2D eigenvalue weighted by molar-refractivity contribution is -0.137. The first kappa shape index (κ1) is 15.0. The van der Waals surface area contributed by atoms with Crippen LogP contribution in [-0.2, 0) is 9.53 Å². The van der Waals surface area contributed by atoms with Gasteiger partial charge in [0.15, 0.2) is 11.5 Å². The molecule has 1 aromatic rings. The Hall–Kier alpha value is -2.04. The number of esters is 1. The molecule has 0 saturated heterocycles. The van der Waals surface area contributed by atoms with Gasteiger partial charge in [0, 0.05) is 0 Å². The Morgan fingerprint density at radius 3 is 2.42 bits per heavy atom. The third kappa shape index (κ3) is 3.24. The molecule has 0 atom stereocenters. The van der Waals surface area contributed by atoms with E-state index in [0.29, 0.717) is 0 Å². The summed E-state index contributed by atoms with van der Waals surface area (Å²) in [5, 5.41) is 9.85. The van der Waals surface area contributed by atoms with Crippen LogP contribution >= 0.6 is 0 Å². The zero-order valence-corrected chi connectivity index (χ0v) is 11.5. The molecule has 0 spiro atoms. The van der Waals surface area contributed by atoms with E-state index in [9.17, 15) is 14.7 Å². The van der Waals surface area contributed by atoms with Crippen LogP contribution in [0.1, 0.15) is 42.6 Å². The maximum atomic E-state index is 12.0. The van der Waals surface area contributed by atoms with Crippen molar-refractivity contribution in [3.05, 3.63) is 23.3 Å². The minimum Gasteiger partial charge on any atom is -0.504 e. The molecule has 1 rings (SSSR count). The molecular formula is C14H18O5. The van der Waals surface area contributed by atoms with Gasteiger partial charge in [0.25, 0.3) is 5.78 Å². The van der Waals surface area contributed by atoms with E-state index in [1.807, 2.05) is 13.8 Å². The van der Waals surface area contributed by atoms with Crippen LogP contribution in [0.3, 0.4) is 0 Å². The lowest BCUT2D eigenvalue weighted by Gasteiger charge is -2.13. The fraction of sp³-hybridized carbons (Fsp3) is 0.429. The summed E-state index contributed by atoms with van der Waals surface area (Å²) < 4.78 is 9.65. The molecule has 0 fully saturated rings. The average molecular weight is 266 g/mol. The van der Waals surface area contributed by atoms with E-state index in [1.54, 1.807) is 13.0 Å². The highest BCUT2D eigenvalue weighted by Crippen LogP contribution is 2.34. The number of carbonyl (C=O) groups is 2. The Kier molecular flexibility index (Phi) is 4.92. The summed E-state index contributed by atoms with van der Waals surface area (Å²) in [5.74, 6) is -1.85. The number of phenolic OH excluding ortho intramolecular Hbond substituents is 1. The third-order valence-corrected chi connectivity index (χ3v) is 2.67. The molecular weight excluding hydrogens is 248 g/mol. The molecule has 0 heterocycles. The number of ether oxygens (including phenoxy) is 2. The molecule has 19 heavy (non-hydrogen) atoms. The van der Waals surface area contributed by atoms with Gasteiger partial charge in [0.2, 0.25) is 0 Å². The maximum absolute atomic E-state index is 12.0. The molecule has 0 saturated carbocycles. The number of hydrogen-bond donors (Lipinski definition) is 1. The van der Waals surface area contributed by atoms with E-state index in [-0.39, 0.29) is 29.6 Å². The van der Waals surface area contributed by atoms with Crippen LogP contribution in [0.2, 0.25) is 0 Å². The second kappa shape index (κ2) is 6.22. The van der Waals surface area contributed by atoms with Crippen LogP contribution in [0.25, 0.3) is 0 Å². The Balaban J connectivity index is 3.31. The van der Waals surface area contributed by atoms with E-state index in [4.69, 9.17) is 4.74 Å². The van der Waals surface area contributed by atoms with Crippen molar-refractivity contribution in [3.8, 4) is 11.5 Å². The molecule has 104 valence electrons. The van der Waals surface area contributed by atoms with Crippen molar-refractivity contribution in [1.29, 1.82) is 0 Å². The summed E-state index contributed by atoms with van der Waals surface area (Å²) in [4.78, 5) is 23.5. The van der Waals surface area contributed by atoms with Gasteiger partial charge in [0.05, 0.1) is 19.3 Å². The summed E-state index contributed by atoms with van der Waals surface area (Å²) >= 11 is 0. The molecule has 0 bridgehead atoms. The van der Waals surface area contributed by atoms with Gasteiger partial charge in [0.1, 0.15) is 0 Å². The molecule has 0 radical (unpaired) electrons. The first-order valence-corrected chi connectivity index (χ1v) is 6.04. The van der Waals surface area contributed by atoms with Gasteiger partial charge in [-0.3, -0.25) is 4.79 Å². The minimum absolute atomic E-state index is 0.0116. The molecule has 1 N–H and O–H groups in total. The normalized spacial score (nSPS) is 10.4. The lowest BCUT2D eigenvalue weighted by atomic mass is 9.97. The average Bonchev–Trinajstić information content (AvgIpc) is 2.36. The monoisotopic (exact) mass is 266 g/mol. The number of ketones is 1. The summed E-state index contributed by atoms with van der Waals surface area (Å²) in [6, 6.07) is 3.06. The molecule has 5 heteroatoms. The second-order valence-electron chi connectivity index (χ2n) is 4.33. The predicted octanol–water partition coefficient (Wildman–Crippen LogP) is 2.27.